The maximum Gasteiger partial charge on any atom is 0.122 e. The highest BCUT2D eigenvalue weighted by molar-refractivity contribution is 5.39. The van der Waals surface area contributed by atoms with Gasteiger partial charge in [0.05, 0.1) is 18.8 Å². The summed E-state index contributed by atoms with van der Waals surface area (Å²) < 4.78 is 5.45. The van der Waals surface area contributed by atoms with Gasteiger partial charge >= 0.3 is 0 Å². The first-order valence-corrected chi connectivity index (χ1v) is 6.31. The molecule has 0 spiro atoms. The number of hydrogen-bond donors (Lipinski definition) is 2. The van der Waals surface area contributed by atoms with E-state index in [0.717, 1.165) is 25.2 Å². The molecule has 0 saturated carbocycles. The van der Waals surface area contributed by atoms with Crippen molar-refractivity contribution in [2.75, 3.05) is 6.61 Å². The van der Waals surface area contributed by atoms with Crippen molar-refractivity contribution in [3.05, 3.63) is 29.3 Å². The minimum Gasteiger partial charge on any atom is -0.493 e. The molecule has 2 N–H and O–H groups in total. The van der Waals surface area contributed by atoms with E-state index in [9.17, 15) is 10.2 Å². The van der Waals surface area contributed by atoms with E-state index in [4.69, 9.17) is 4.74 Å². The average molecular weight is 236 g/mol. The summed E-state index contributed by atoms with van der Waals surface area (Å²) in [5, 5.41) is 19.2. The minimum absolute atomic E-state index is 0.596. The van der Waals surface area contributed by atoms with Crippen LogP contribution in [0.4, 0.5) is 0 Å². The summed E-state index contributed by atoms with van der Waals surface area (Å²) in [6, 6.07) is 6.18. The lowest BCUT2D eigenvalue weighted by Gasteiger charge is -2.15. The van der Waals surface area contributed by atoms with Gasteiger partial charge in [0.2, 0.25) is 0 Å². The number of aliphatic hydroxyl groups excluding tert-OH is 2. The van der Waals surface area contributed by atoms with Crippen LogP contribution < -0.4 is 4.74 Å². The van der Waals surface area contributed by atoms with E-state index in [0.29, 0.717) is 12.8 Å². The molecule has 1 aromatic rings. The molecule has 2 rings (SSSR count). The standard InChI is InChI=1S/C14H20O3/c1-2-12(15)13(16)5-3-10-4-6-14-11(9-10)7-8-17-14/h4,6,9,12-13,15-16H,2-3,5,7-8H2,1H3. The summed E-state index contributed by atoms with van der Waals surface area (Å²) in [4.78, 5) is 0. The van der Waals surface area contributed by atoms with Crippen molar-refractivity contribution in [2.24, 2.45) is 0 Å². The molecule has 0 saturated heterocycles. The Bertz CT molecular complexity index is 376. The summed E-state index contributed by atoms with van der Waals surface area (Å²) in [5.41, 5.74) is 2.46. The molecule has 0 amide bonds. The molecule has 3 heteroatoms. The molecule has 1 aliphatic rings. The Hall–Kier alpha value is -1.06. The third-order valence-electron chi connectivity index (χ3n) is 3.35. The van der Waals surface area contributed by atoms with Crippen LogP contribution in [0.2, 0.25) is 0 Å². The van der Waals surface area contributed by atoms with E-state index in [1.807, 2.05) is 19.1 Å². The second kappa shape index (κ2) is 5.52. The topological polar surface area (TPSA) is 49.7 Å². The number of ether oxygens (including phenoxy) is 1. The predicted octanol–water partition coefficient (Wildman–Crippen LogP) is 1.69. The third kappa shape index (κ3) is 2.99. The zero-order valence-corrected chi connectivity index (χ0v) is 10.2. The maximum atomic E-state index is 9.70. The number of benzene rings is 1. The normalized spacial score (nSPS) is 17.4. The number of hydrogen-bond acceptors (Lipinski definition) is 3. The second-order valence-corrected chi connectivity index (χ2v) is 4.62. The number of aryl methyl sites for hydroxylation is 1. The first-order valence-electron chi connectivity index (χ1n) is 6.31. The highest BCUT2D eigenvalue weighted by atomic mass is 16.5. The zero-order chi connectivity index (χ0) is 12.3. The molecule has 0 radical (unpaired) electrons. The molecule has 94 valence electrons. The largest absolute Gasteiger partial charge is 0.493 e. The fourth-order valence-electron chi connectivity index (χ4n) is 2.17. The lowest BCUT2D eigenvalue weighted by molar-refractivity contribution is 0.0130. The van der Waals surface area contributed by atoms with E-state index in [1.165, 1.54) is 11.1 Å². The maximum absolute atomic E-state index is 9.70. The third-order valence-corrected chi connectivity index (χ3v) is 3.35. The van der Waals surface area contributed by atoms with Crippen molar-refractivity contribution in [1.29, 1.82) is 0 Å². The molecular weight excluding hydrogens is 216 g/mol. The van der Waals surface area contributed by atoms with Crippen LogP contribution in [0.3, 0.4) is 0 Å². The van der Waals surface area contributed by atoms with Crippen molar-refractivity contribution >= 4 is 0 Å². The van der Waals surface area contributed by atoms with Gasteiger partial charge in [0.1, 0.15) is 5.75 Å². The van der Waals surface area contributed by atoms with Gasteiger partial charge in [-0.1, -0.05) is 19.1 Å². The fourth-order valence-corrected chi connectivity index (χ4v) is 2.17. The smallest absolute Gasteiger partial charge is 0.122 e. The molecule has 3 nitrogen and oxygen atoms in total. The monoisotopic (exact) mass is 236 g/mol. The second-order valence-electron chi connectivity index (χ2n) is 4.62. The van der Waals surface area contributed by atoms with Gasteiger partial charge in [-0.3, -0.25) is 0 Å². The van der Waals surface area contributed by atoms with E-state index >= 15 is 0 Å². The molecule has 0 aromatic heterocycles. The Morgan fingerprint density at radius 2 is 2.12 bits per heavy atom. The molecule has 1 heterocycles. The quantitative estimate of drug-likeness (QED) is 0.818. The fraction of sp³-hybridized carbons (Fsp3) is 0.571. The van der Waals surface area contributed by atoms with Crippen LogP contribution in [-0.4, -0.2) is 29.0 Å². The van der Waals surface area contributed by atoms with Gasteiger partial charge in [-0.25, -0.2) is 0 Å². The average Bonchev–Trinajstić information content (AvgIpc) is 2.82. The molecule has 2 unspecified atom stereocenters. The predicted molar refractivity (Wildman–Crippen MR) is 66.3 cm³/mol. The van der Waals surface area contributed by atoms with Crippen molar-refractivity contribution in [1.82, 2.24) is 0 Å². The van der Waals surface area contributed by atoms with Crippen LogP contribution in [-0.2, 0) is 12.8 Å². The van der Waals surface area contributed by atoms with Crippen molar-refractivity contribution in [3.63, 3.8) is 0 Å². The molecule has 0 fully saturated rings. The van der Waals surface area contributed by atoms with Crippen LogP contribution in [0.25, 0.3) is 0 Å². The van der Waals surface area contributed by atoms with Gasteiger partial charge < -0.3 is 14.9 Å². The van der Waals surface area contributed by atoms with Gasteiger partial charge in [-0.05, 0) is 36.5 Å². The van der Waals surface area contributed by atoms with E-state index in [1.54, 1.807) is 0 Å². The Morgan fingerprint density at radius 1 is 1.29 bits per heavy atom. The summed E-state index contributed by atoms with van der Waals surface area (Å²) in [6.07, 6.45) is 1.75. The first kappa shape index (κ1) is 12.4. The van der Waals surface area contributed by atoms with Crippen LogP contribution in [0.15, 0.2) is 18.2 Å². The lowest BCUT2D eigenvalue weighted by atomic mass is 10.0. The Morgan fingerprint density at radius 3 is 2.88 bits per heavy atom. The summed E-state index contributed by atoms with van der Waals surface area (Å²) in [5.74, 6) is 0.989. The zero-order valence-electron chi connectivity index (χ0n) is 10.2. The van der Waals surface area contributed by atoms with Crippen LogP contribution >= 0.6 is 0 Å². The van der Waals surface area contributed by atoms with E-state index in [-0.39, 0.29) is 0 Å². The Kier molecular flexibility index (Phi) is 4.02. The Labute approximate surface area is 102 Å². The van der Waals surface area contributed by atoms with Crippen LogP contribution in [0, 0.1) is 0 Å². The summed E-state index contributed by atoms with van der Waals surface area (Å²) >= 11 is 0. The molecule has 17 heavy (non-hydrogen) atoms. The van der Waals surface area contributed by atoms with Gasteiger partial charge in [0, 0.05) is 6.42 Å². The summed E-state index contributed by atoms with van der Waals surface area (Å²) in [7, 11) is 0. The van der Waals surface area contributed by atoms with Crippen molar-refractivity contribution in [3.8, 4) is 5.75 Å². The Balaban J connectivity index is 1.91. The molecule has 1 aromatic carbocycles. The molecule has 0 aliphatic carbocycles. The minimum atomic E-state index is -0.621. The highest BCUT2D eigenvalue weighted by Crippen LogP contribution is 2.26. The number of fused-ring (bicyclic) bond motifs is 1. The van der Waals surface area contributed by atoms with Gasteiger partial charge in [-0.2, -0.15) is 0 Å². The van der Waals surface area contributed by atoms with Crippen LogP contribution in [0.5, 0.6) is 5.75 Å². The molecule has 1 aliphatic heterocycles. The SMILES string of the molecule is CCC(O)C(O)CCc1ccc2c(c1)CCO2. The van der Waals surface area contributed by atoms with Gasteiger partial charge in [0.25, 0.3) is 0 Å². The first-order chi connectivity index (χ1) is 8.20. The van der Waals surface area contributed by atoms with Gasteiger partial charge in [0.15, 0.2) is 0 Å². The highest BCUT2D eigenvalue weighted by Gasteiger charge is 2.15. The van der Waals surface area contributed by atoms with E-state index < -0.39 is 12.2 Å². The summed E-state index contributed by atoms with van der Waals surface area (Å²) in [6.45, 7) is 2.65. The molecular formula is C14H20O3. The van der Waals surface area contributed by atoms with Crippen molar-refractivity contribution in [2.45, 2.75) is 44.8 Å². The molecule has 0 bridgehead atoms. The number of aliphatic hydroxyl groups is 2. The molecule has 2 atom stereocenters. The van der Waals surface area contributed by atoms with E-state index in [2.05, 4.69) is 6.07 Å². The van der Waals surface area contributed by atoms with Crippen LogP contribution in [0.1, 0.15) is 30.9 Å². The lowest BCUT2D eigenvalue weighted by Crippen LogP contribution is -2.25. The van der Waals surface area contributed by atoms with Crippen molar-refractivity contribution < 1.29 is 14.9 Å². The van der Waals surface area contributed by atoms with Gasteiger partial charge in [-0.15, -0.1) is 0 Å². The number of rotatable bonds is 5.